The van der Waals surface area contributed by atoms with Crippen molar-refractivity contribution < 1.29 is 12.9 Å². The van der Waals surface area contributed by atoms with E-state index in [0.29, 0.717) is 13.1 Å². The largest absolute Gasteiger partial charge is 0.492 e. The van der Waals surface area contributed by atoms with Gasteiger partial charge in [0.1, 0.15) is 0 Å². The van der Waals surface area contributed by atoms with Crippen LogP contribution in [0.4, 0.5) is 12.9 Å². The van der Waals surface area contributed by atoms with Crippen LogP contribution in [0.2, 0.25) is 0 Å². The monoisotopic (exact) mass is 210 g/mol. The Morgan fingerprint density at radius 3 is 1.50 bits per heavy atom. The number of hydrogen-bond donors (Lipinski definition) is 0. The van der Waals surface area contributed by atoms with E-state index in [1.807, 2.05) is 27.7 Å². The van der Waals surface area contributed by atoms with Gasteiger partial charge >= 0.3 is 6.98 Å². The highest BCUT2D eigenvalue weighted by atomic mass is 19.4. The van der Waals surface area contributed by atoms with Gasteiger partial charge < -0.3 is 17.8 Å². The molecule has 0 aromatic carbocycles. The summed E-state index contributed by atoms with van der Waals surface area (Å²) < 4.78 is 36.7. The first kappa shape index (κ1) is 13.8. The maximum atomic E-state index is 12.2. The van der Waals surface area contributed by atoms with Gasteiger partial charge in [-0.05, 0) is 31.4 Å². The molecule has 1 nitrogen and oxygen atoms in total. The molecule has 14 heavy (non-hydrogen) atoms. The summed E-state index contributed by atoms with van der Waals surface area (Å²) in [5.74, 6) is 0.568. The molecule has 0 aliphatic rings. The molecule has 0 radical (unpaired) electrons. The summed E-state index contributed by atoms with van der Waals surface area (Å²) in [6.07, 6.45) is -0.726. The summed E-state index contributed by atoms with van der Waals surface area (Å²) >= 11 is 0. The molecule has 0 aromatic heterocycles. The van der Waals surface area contributed by atoms with Crippen molar-refractivity contribution in [3.63, 3.8) is 0 Å². The van der Waals surface area contributed by atoms with E-state index in [0.717, 1.165) is 0 Å². The summed E-state index contributed by atoms with van der Waals surface area (Å²) in [5, 5.41) is 0. The molecular formula is C9H20BF3N-. The molecule has 0 fully saturated rings. The lowest BCUT2D eigenvalue weighted by Crippen LogP contribution is -2.41. The Labute approximate surface area is 84.7 Å². The fourth-order valence-electron chi connectivity index (χ4n) is 1.55. The van der Waals surface area contributed by atoms with Gasteiger partial charge in [0.2, 0.25) is 0 Å². The normalized spacial score (nSPS) is 13.3. The lowest BCUT2D eigenvalue weighted by molar-refractivity contribution is 0.227. The third-order valence-corrected chi connectivity index (χ3v) is 1.71. The molecule has 0 heterocycles. The molecule has 5 heteroatoms. The Kier molecular flexibility index (Phi) is 5.56. The van der Waals surface area contributed by atoms with Crippen LogP contribution in [0.1, 0.15) is 27.7 Å². The van der Waals surface area contributed by atoms with Crippen molar-refractivity contribution in [2.75, 3.05) is 19.5 Å². The van der Waals surface area contributed by atoms with Gasteiger partial charge in [-0.3, -0.25) is 0 Å². The average molecular weight is 210 g/mol. The SMILES string of the molecule is CC(C)CN(CC(C)C)C[B-](F)(F)F. The molecule has 0 unspecified atom stereocenters. The molecular weight excluding hydrogens is 190 g/mol. The summed E-state index contributed by atoms with van der Waals surface area (Å²) in [7, 11) is 0. The second-order valence-corrected chi connectivity index (χ2v) is 4.72. The summed E-state index contributed by atoms with van der Waals surface area (Å²) in [6, 6.07) is 0. The van der Waals surface area contributed by atoms with Crippen LogP contribution in [-0.2, 0) is 0 Å². The Morgan fingerprint density at radius 1 is 0.929 bits per heavy atom. The van der Waals surface area contributed by atoms with Crippen molar-refractivity contribution in [1.82, 2.24) is 4.90 Å². The minimum Gasteiger partial charge on any atom is -0.448 e. The van der Waals surface area contributed by atoms with Crippen LogP contribution in [0.3, 0.4) is 0 Å². The Hall–Kier alpha value is -0.185. The zero-order valence-corrected chi connectivity index (χ0v) is 9.43. The smallest absolute Gasteiger partial charge is 0.448 e. The number of halogens is 3. The highest BCUT2D eigenvalue weighted by Gasteiger charge is 2.26. The van der Waals surface area contributed by atoms with E-state index in [9.17, 15) is 12.9 Å². The second kappa shape index (κ2) is 5.64. The molecule has 0 spiro atoms. The van der Waals surface area contributed by atoms with Crippen molar-refractivity contribution in [2.24, 2.45) is 11.8 Å². The van der Waals surface area contributed by atoms with Crippen LogP contribution < -0.4 is 0 Å². The van der Waals surface area contributed by atoms with E-state index in [2.05, 4.69) is 0 Å². The number of nitrogens with zero attached hydrogens (tertiary/aromatic N) is 1. The van der Waals surface area contributed by atoms with Crippen molar-refractivity contribution in [2.45, 2.75) is 27.7 Å². The third-order valence-electron chi connectivity index (χ3n) is 1.71. The van der Waals surface area contributed by atoms with E-state index in [-0.39, 0.29) is 11.8 Å². The number of hydrogen-bond acceptors (Lipinski definition) is 1. The van der Waals surface area contributed by atoms with E-state index in [1.54, 1.807) is 0 Å². The molecule has 0 N–H and O–H groups in total. The zero-order valence-electron chi connectivity index (χ0n) is 9.43. The average Bonchev–Trinajstić information content (AvgIpc) is 1.77. The molecule has 0 bridgehead atoms. The van der Waals surface area contributed by atoms with Gasteiger partial charge in [0.25, 0.3) is 0 Å². The fourth-order valence-corrected chi connectivity index (χ4v) is 1.55. The highest BCUT2D eigenvalue weighted by molar-refractivity contribution is 6.58. The topological polar surface area (TPSA) is 3.24 Å². The Balaban J connectivity index is 4.11. The number of rotatable bonds is 6. The van der Waals surface area contributed by atoms with Gasteiger partial charge in [-0.25, -0.2) is 0 Å². The second-order valence-electron chi connectivity index (χ2n) is 4.72. The van der Waals surface area contributed by atoms with Crippen molar-refractivity contribution in [3.8, 4) is 0 Å². The van der Waals surface area contributed by atoms with E-state index < -0.39 is 13.4 Å². The molecule has 0 saturated carbocycles. The van der Waals surface area contributed by atoms with Crippen LogP contribution in [0.5, 0.6) is 0 Å². The predicted octanol–water partition coefficient (Wildman–Crippen LogP) is 2.99. The van der Waals surface area contributed by atoms with Crippen molar-refractivity contribution in [3.05, 3.63) is 0 Å². The van der Waals surface area contributed by atoms with Gasteiger partial charge in [-0.15, -0.1) is 0 Å². The standard InChI is InChI=1S/C9H20BF3N/c1-8(2)5-14(6-9(3)4)7-10(11,12)13/h8-9H,5-7H2,1-4H3/q-1. The van der Waals surface area contributed by atoms with E-state index in [4.69, 9.17) is 0 Å². The molecule has 0 atom stereocenters. The highest BCUT2D eigenvalue weighted by Crippen LogP contribution is 2.13. The lowest BCUT2D eigenvalue weighted by Gasteiger charge is -2.30. The van der Waals surface area contributed by atoms with E-state index >= 15 is 0 Å². The van der Waals surface area contributed by atoms with Crippen LogP contribution in [0.25, 0.3) is 0 Å². The van der Waals surface area contributed by atoms with Crippen molar-refractivity contribution >= 4 is 6.98 Å². The molecule has 86 valence electrons. The molecule has 0 aliphatic carbocycles. The van der Waals surface area contributed by atoms with Crippen LogP contribution in [-0.4, -0.2) is 31.4 Å². The van der Waals surface area contributed by atoms with Crippen LogP contribution >= 0.6 is 0 Å². The maximum Gasteiger partial charge on any atom is 0.492 e. The van der Waals surface area contributed by atoms with Crippen molar-refractivity contribution in [1.29, 1.82) is 0 Å². The van der Waals surface area contributed by atoms with Gasteiger partial charge in [-0.2, -0.15) is 0 Å². The van der Waals surface area contributed by atoms with Gasteiger partial charge in [0.05, 0.1) is 0 Å². The molecule has 0 amide bonds. The van der Waals surface area contributed by atoms with Gasteiger partial charge in [0.15, 0.2) is 0 Å². The molecule has 0 aromatic rings. The first-order valence-corrected chi connectivity index (χ1v) is 5.14. The molecule has 0 aliphatic heterocycles. The van der Waals surface area contributed by atoms with Gasteiger partial charge in [0, 0.05) is 0 Å². The predicted molar refractivity (Wildman–Crippen MR) is 55.2 cm³/mol. The molecule has 0 saturated heterocycles. The first-order chi connectivity index (χ1) is 6.20. The van der Waals surface area contributed by atoms with Crippen LogP contribution in [0.15, 0.2) is 0 Å². The zero-order chi connectivity index (χ0) is 11.4. The maximum absolute atomic E-state index is 12.2. The Morgan fingerprint density at radius 2 is 1.29 bits per heavy atom. The first-order valence-electron chi connectivity index (χ1n) is 5.14. The minimum absolute atomic E-state index is 0.284. The minimum atomic E-state index is -4.69. The Bertz CT molecular complexity index is 147. The summed E-state index contributed by atoms with van der Waals surface area (Å²) in [4.78, 5) is 1.51. The fraction of sp³-hybridized carbons (Fsp3) is 1.00. The quantitative estimate of drug-likeness (QED) is 0.609. The third kappa shape index (κ3) is 8.41. The van der Waals surface area contributed by atoms with E-state index in [1.165, 1.54) is 4.90 Å². The molecule has 0 rings (SSSR count). The lowest BCUT2D eigenvalue weighted by atomic mass is 9.90. The van der Waals surface area contributed by atoms with Gasteiger partial charge in [-0.1, -0.05) is 27.7 Å². The summed E-state index contributed by atoms with van der Waals surface area (Å²) in [6.45, 7) is 4.13. The summed E-state index contributed by atoms with van der Waals surface area (Å²) in [5.41, 5.74) is 0. The van der Waals surface area contributed by atoms with Crippen LogP contribution in [0, 0.1) is 11.8 Å².